The van der Waals surface area contributed by atoms with Gasteiger partial charge in [-0.25, -0.2) is 0 Å². The fourth-order valence-electron chi connectivity index (χ4n) is 1.06. The Morgan fingerprint density at radius 3 is 2.69 bits per heavy atom. The van der Waals surface area contributed by atoms with Crippen molar-refractivity contribution in [3.8, 4) is 0 Å². The van der Waals surface area contributed by atoms with Crippen LogP contribution in [0.25, 0.3) is 0 Å². The summed E-state index contributed by atoms with van der Waals surface area (Å²) >= 11 is 7.25. The largest absolute Gasteiger partial charge is 0.355 e. The molecule has 0 saturated carbocycles. The third-order valence-corrected chi connectivity index (χ3v) is 3.15. The number of amides is 1. The lowest BCUT2D eigenvalue weighted by Gasteiger charge is -2.04. The van der Waals surface area contributed by atoms with Gasteiger partial charge in [0.1, 0.15) is 0 Å². The Morgan fingerprint density at radius 1 is 1.38 bits per heavy atom. The van der Waals surface area contributed by atoms with Crippen LogP contribution in [-0.4, -0.2) is 24.7 Å². The number of rotatable bonds is 6. The van der Waals surface area contributed by atoms with Gasteiger partial charge in [-0.3, -0.25) is 4.79 Å². The molecule has 1 aromatic rings. The lowest BCUT2D eigenvalue weighted by atomic mass is 10.4. The van der Waals surface area contributed by atoms with Gasteiger partial charge in [0, 0.05) is 16.5 Å². The molecule has 0 aliphatic carbocycles. The van der Waals surface area contributed by atoms with Gasteiger partial charge in [-0.2, -0.15) is 0 Å². The van der Waals surface area contributed by atoms with Crippen LogP contribution in [0.3, 0.4) is 0 Å². The molecule has 3 nitrogen and oxygen atoms in total. The van der Waals surface area contributed by atoms with E-state index in [-0.39, 0.29) is 5.91 Å². The van der Waals surface area contributed by atoms with Crippen LogP contribution in [0.4, 0.5) is 0 Å². The van der Waals surface area contributed by atoms with E-state index in [4.69, 9.17) is 17.3 Å². The standard InChI is InChI=1S/C11H15ClN2OS/c12-9-2-4-10(5-3-9)16-8-11(15)14-7-1-6-13/h2-5H,1,6-8,13H2,(H,14,15). The van der Waals surface area contributed by atoms with E-state index in [0.29, 0.717) is 23.9 Å². The van der Waals surface area contributed by atoms with Crippen molar-refractivity contribution in [3.05, 3.63) is 29.3 Å². The highest BCUT2D eigenvalue weighted by atomic mass is 35.5. The Bertz CT molecular complexity index is 329. The van der Waals surface area contributed by atoms with Crippen LogP contribution < -0.4 is 11.1 Å². The molecule has 1 rings (SSSR count). The zero-order chi connectivity index (χ0) is 11.8. The number of nitrogens with one attached hydrogen (secondary N) is 1. The van der Waals surface area contributed by atoms with E-state index in [9.17, 15) is 4.79 Å². The molecule has 1 amide bonds. The molecule has 88 valence electrons. The molecule has 0 fully saturated rings. The van der Waals surface area contributed by atoms with Crippen LogP contribution in [0.15, 0.2) is 29.2 Å². The summed E-state index contributed by atoms with van der Waals surface area (Å²) in [5, 5.41) is 3.50. The molecule has 0 atom stereocenters. The van der Waals surface area contributed by atoms with Crippen molar-refractivity contribution in [2.24, 2.45) is 5.73 Å². The van der Waals surface area contributed by atoms with Gasteiger partial charge in [-0.05, 0) is 37.2 Å². The summed E-state index contributed by atoms with van der Waals surface area (Å²) in [4.78, 5) is 12.4. The predicted octanol–water partition coefficient (Wildman–Crippen LogP) is 1.90. The molecule has 3 N–H and O–H groups in total. The van der Waals surface area contributed by atoms with Crippen LogP contribution in [0.1, 0.15) is 6.42 Å². The number of carbonyl (C=O) groups excluding carboxylic acids is 1. The van der Waals surface area contributed by atoms with Crippen LogP contribution in [0, 0.1) is 0 Å². The number of thioether (sulfide) groups is 1. The summed E-state index contributed by atoms with van der Waals surface area (Å²) in [5.41, 5.74) is 5.32. The molecule has 0 aromatic heterocycles. The van der Waals surface area contributed by atoms with Crippen molar-refractivity contribution < 1.29 is 4.79 Å². The fourth-order valence-corrected chi connectivity index (χ4v) is 1.91. The zero-order valence-electron chi connectivity index (χ0n) is 8.91. The van der Waals surface area contributed by atoms with Crippen molar-refractivity contribution in [2.75, 3.05) is 18.8 Å². The monoisotopic (exact) mass is 258 g/mol. The SMILES string of the molecule is NCCCNC(=O)CSc1ccc(Cl)cc1. The molecule has 16 heavy (non-hydrogen) atoms. The molecule has 1 aromatic carbocycles. The molecule has 0 heterocycles. The molecule has 0 spiro atoms. The normalized spacial score (nSPS) is 10.1. The zero-order valence-corrected chi connectivity index (χ0v) is 10.5. The van der Waals surface area contributed by atoms with Crippen molar-refractivity contribution in [2.45, 2.75) is 11.3 Å². The van der Waals surface area contributed by atoms with Crippen LogP contribution in [0.5, 0.6) is 0 Å². The van der Waals surface area contributed by atoms with Gasteiger partial charge in [-0.15, -0.1) is 11.8 Å². The van der Waals surface area contributed by atoms with Gasteiger partial charge in [0.15, 0.2) is 0 Å². The number of carbonyl (C=O) groups is 1. The van der Waals surface area contributed by atoms with E-state index in [1.165, 1.54) is 11.8 Å². The lowest BCUT2D eigenvalue weighted by molar-refractivity contribution is -0.118. The quantitative estimate of drug-likeness (QED) is 0.605. The van der Waals surface area contributed by atoms with Crippen molar-refractivity contribution in [1.82, 2.24) is 5.32 Å². The van der Waals surface area contributed by atoms with E-state index >= 15 is 0 Å². The molecule has 0 aliphatic heterocycles. The maximum atomic E-state index is 11.4. The first-order valence-electron chi connectivity index (χ1n) is 5.07. The summed E-state index contributed by atoms with van der Waals surface area (Å²) in [6.45, 7) is 1.25. The molecule has 5 heteroatoms. The van der Waals surface area contributed by atoms with Crippen LogP contribution in [-0.2, 0) is 4.79 Å². The van der Waals surface area contributed by atoms with Gasteiger partial charge >= 0.3 is 0 Å². The predicted molar refractivity (Wildman–Crippen MR) is 68.9 cm³/mol. The highest BCUT2D eigenvalue weighted by Gasteiger charge is 2.01. The number of halogens is 1. The van der Waals surface area contributed by atoms with Gasteiger partial charge < -0.3 is 11.1 Å². The maximum absolute atomic E-state index is 11.4. The molecule has 0 saturated heterocycles. The third kappa shape index (κ3) is 5.39. The smallest absolute Gasteiger partial charge is 0.230 e. The lowest BCUT2D eigenvalue weighted by Crippen LogP contribution is -2.27. The van der Waals surface area contributed by atoms with Gasteiger partial charge in [-0.1, -0.05) is 11.6 Å². The Balaban J connectivity index is 2.23. The van der Waals surface area contributed by atoms with Crippen molar-refractivity contribution in [1.29, 1.82) is 0 Å². The third-order valence-electron chi connectivity index (χ3n) is 1.89. The molecule has 0 aliphatic rings. The Kier molecular flexibility index (Phi) is 6.30. The highest BCUT2D eigenvalue weighted by Crippen LogP contribution is 2.19. The second kappa shape index (κ2) is 7.54. The summed E-state index contributed by atoms with van der Waals surface area (Å²) in [7, 11) is 0. The molecular weight excluding hydrogens is 244 g/mol. The molecule has 0 bridgehead atoms. The summed E-state index contributed by atoms with van der Waals surface area (Å²) in [6, 6.07) is 7.44. The fraction of sp³-hybridized carbons (Fsp3) is 0.364. The molecular formula is C11H15ClN2OS. The van der Waals surface area contributed by atoms with E-state index in [2.05, 4.69) is 5.32 Å². The Morgan fingerprint density at radius 2 is 2.06 bits per heavy atom. The van der Waals surface area contributed by atoms with Crippen LogP contribution in [0.2, 0.25) is 5.02 Å². The first-order chi connectivity index (χ1) is 7.72. The minimum absolute atomic E-state index is 0.0356. The molecule has 0 radical (unpaired) electrons. The topological polar surface area (TPSA) is 55.1 Å². The van der Waals surface area contributed by atoms with E-state index in [1.807, 2.05) is 24.3 Å². The van der Waals surface area contributed by atoms with E-state index < -0.39 is 0 Å². The summed E-state index contributed by atoms with van der Waals surface area (Å²) in [6.07, 6.45) is 0.817. The minimum atomic E-state index is 0.0356. The van der Waals surface area contributed by atoms with Crippen LogP contribution >= 0.6 is 23.4 Å². The number of benzene rings is 1. The number of hydrogen-bond acceptors (Lipinski definition) is 3. The highest BCUT2D eigenvalue weighted by molar-refractivity contribution is 8.00. The summed E-state index contributed by atoms with van der Waals surface area (Å²) < 4.78 is 0. The van der Waals surface area contributed by atoms with Gasteiger partial charge in [0.25, 0.3) is 0 Å². The Hall–Kier alpha value is -0.710. The van der Waals surface area contributed by atoms with Gasteiger partial charge in [0.05, 0.1) is 5.75 Å². The van der Waals surface area contributed by atoms with Gasteiger partial charge in [0.2, 0.25) is 5.91 Å². The van der Waals surface area contributed by atoms with Crippen molar-refractivity contribution >= 4 is 29.3 Å². The van der Waals surface area contributed by atoms with E-state index in [0.717, 1.165) is 11.3 Å². The molecule has 0 unspecified atom stereocenters. The summed E-state index contributed by atoms with van der Waals surface area (Å²) in [5.74, 6) is 0.458. The number of hydrogen-bond donors (Lipinski definition) is 2. The first-order valence-corrected chi connectivity index (χ1v) is 6.44. The number of nitrogens with two attached hydrogens (primary N) is 1. The first kappa shape index (κ1) is 13.4. The maximum Gasteiger partial charge on any atom is 0.230 e. The average molecular weight is 259 g/mol. The second-order valence-electron chi connectivity index (χ2n) is 3.23. The second-order valence-corrected chi connectivity index (χ2v) is 4.72. The average Bonchev–Trinajstić information content (AvgIpc) is 2.29. The Labute approximate surface area is 105 Å². The van der Waals surface area contributed by atoms with E-state index in [1.54, 1.807) is 0 Å². The van der Waals surface area contributed by atoms with Crippen molar-refractivity contribution in [3.63, 3.8) is 0 Å². The minimum Gasteiger partial charge on any atom is -0.355 e.